The van der Waals surface area contributed by atoms with Crippen LogP contribution >= 0.6 is 0 Å². The number of benzene rings is 3. The molecular weight excluding hydrogens is 394 g/mol. The zero-order chi connectivity index (χ0) is 22.2. The van der Waals surface area contributed by atoms with Gasteiger partial charge in [-0.2, -0.15) is 0 Å². The van der Waals surface area contributed by atoms with Crippen LogP contribution in [0.1, 0.15) is 27.1 Å². The predicted octanol–water partition coefficient (Wildman–Crippen LogP) is 2.05. The number of nitrogens with one attached hydrogen (secondary N) is 2. The molecule has 8 nitrogen and oxygen atoms in total. The van der Waals surface area contributed by atoms with Crippen LogP contribution in [0, 0.1) is 0 Å². The Balaban J connectivity index is 1.69. The van der Waals surface area contributed by atoms with Gasteiger partial charge in [0.1, 0.15) is 0 Å². The largest absolute Gasteiger partial charge is 0.370 e. The van der Waals surface area contributed by atoms with Gasteiger partial charge in [0.15, 0.2) is 5.96 Å². The van der Waals surface area contributed by atoms with E-state index in [2.05, 4.69) is 15.6 Å². The van der Waals surface area contributed by atoms with E-state index in [4.69, 9.17) is 11.5 Å². The normalized spacial score (nSPS) is 10.3. The summed E-state index contributed by atoms with van der Waals surface area (Å²) in [7, 11) is 0. The predicted molar refractivity (Wildman–Crippen MR) is 121 cm³/mol. The van der Waals surface area contributed by atoms with E-state index < -0.39 is 11.7 Å². The van der Waals surface area contributed by atoms with Crippen molar-refractivity contribution in [3.63, 3.8) is 0 Å². The number of hydrogen-bond donors (Lipinski definition) is 4. The number of nitrogens with zero attached hydrogens (tertiary/aromatic N) is 1. The third-order valence-corrected chi connectivity index (χ3v) is 4.55. The molecule has 0 unspecified atom stereocenters. The minimum atomic E-state index is -0.767. The van der Waals surface area contributed by atoms with E-state index in [-0.39, 0.29) is 29.7 Å². The standard InChI is InChI=1S/C23H23N5O3/c24-23(25)27-13-5-12-26-22(31)20(29)18-8-3-4-9-19(18)28-21(30)17-11-10-15-6-1-2-7-16(15)14-17/h1-4,6-11,14H,5,12-13H2,(H,26,31)(H,28,30)(H4,24,25,27). The Labute approximate surface area is 179 Å². The highest BCUT2D eigenvalue weighted by Gasteiger charge is 2.20. The van der Waals surface area contributed by atoms with Crippen molar-refractivity contribution in [2.24, 2.45) is 16.5 Å². The number of para-hydroxylation sites is 1. The molecule has 8 heteroatoms. The number of aliphatic imine (C=N–C) groups is 1. The smallest absolute Gasteiger partial charge is 0.292 e. The van der Waals surface area contributed by atoms with Gasteiger partial charge in [0.25, 0.3) is 17.6 Å². The lowest BCUT2D eigenvalue weighted by Gasteiger charge is -2.11. The number of anilines is 1. The van der Waals surface area contributed by atoms with Crippen molar-refractivity contribution >= 4 is 40.0 Å². The molecule has 0 aliphatic carbocycles. The molecule has 31 heavy (non-hydrogen) atoms. The molecule has 0 fully saturated rings. The monoisotopic (exact) mass is 417 g/mol. The second-order valence-corrected chi connectivity index (χ2v) is 6.81. The number of hydrogen-bond acceptors (Lipinski definition) is 4. The van der Waals surface area contributed by atoms with E-state index in [0.29, 0.717) is 18.5 Å². The van der Waals surface area contributed by atoms with Crippen molar-refractivity contribution in [3.05, 3.63) is 77.9 Å². The number of rotatable bonds is 8. The second-order valence-electron chi connectivity index (χ2n) is 6.81. The van der Waals surface area contributed by atoms with Crippen LogP contribution in [0.2, 0.25) is 0 Å². The van der Waals surface area contributed by atoms with Crippen LogP contribution in [0.5, 0.6) is 0 Å². The number of carbonyl (C=O) groups excluding carboxylic acids is 3. The molecule has 0 aromatic heterocycles. The molecule has 0 saturated carbocycles. The van der Waals surface area contributed by atoms with E-state index in [0.717, 1.165) is 10.8 Å². The second kappa shape index (κ2) is 10.0. The summed E-state index contributed by atoms with van der Waals surface area (Å²) in [4.78, 5) is 41.4. The van der Waals surface area contributed by atoms with Crippen molar-refractivity contribution < 1.29 is 14.4 Å². The number of amides is 2. The average molecular weight is 417 g/mol. The Kier molecular flexibility index (Phi) is 6.95. The zero-order valence-electron chi connectivity index (χ0n) is 16.8. The summed E-state index contributed by atoms with van der Waals surface area (Å²) >= 11 is 0. The minimum Gasteiger partial charge on any atom is -0.370 e. The third-order valence-electron chi connectivity index (χ3n) is 4.55. The van der Waals surface area contributed by atoms with Gasteiger partial charge in [-0.15, -0.1) is 0 Å². The molecule has 0 saturated heterocycles. The van der Waals surface area contributed by atoms with Crippen molar-refractivity contribution in [3.8, 4) is 0 Å². The summed E-state index contributed by atoms with van der Waals surface area (Å²) in [5.41, 5.74) is 11.3. The Hall–Kier alpha value is -4.20. The quantitative estimate of drug-likeness (QED) is 0.146. The highest BCUT2D eigenvalue weighted by molar-refractivity contribution is 6.44. The Morgan fingerprint density at radius 3 is 2.35 bits per heavy atom. The van der Waals surface area contributed by atoms with Crippen LogP contribution in [0.4, 0.5) is 5.69 Å². The van der Waals surface area contributed by atoms with Crippen LogP contribution in [-0.2, 0) is 4.79 Å². The molecular formula is C23H23N5O3. The topological polar surface area (TPSA) is 140 Å². The van der Waals surface area contributed by atoms with E-state index in [9.17, 15) is 14.4 Å². The third kappa shape index (κ3) is 5.66. The van der Waals surface area contributed by atoms with Crippen molar-refractivity contribution in [2.45, 2.75) is 6.42 Å². The van der Waals surface area contributed by atoms with Gasteiger partial charge < -0.3 is 22.1 Å². The average Bonchev–Trinajstić information content (AvgIpc) is 2.78. The first kappa shape index (κ1) is 21.5. The van der Waals surface area contributed by atoms with Gasteiger partial charge in [-0.25, -0.2) is 0 Å². The number of Topliss-reactive ketones (excluding diaryl/α,β-unsaturated/α-hetero) is 1. The molecule has 0 aliphatic rings. The fourth-order valence-corrected chi connectivity index (χ4v) is 3.01. The minimum absolute atomic E-state index is 0.0292. The fraction of sp³-hybridized carbons (Fsp3) is 0.130. The number of fused-ring (bicyclic) bond motifs is 1. The Morgan fingerprint density at radius 2 is 1.58 bits per heavy atom. The first-order valence-electron chi connectivity index (χ1n) is 9.73. The summed E-state index contributed by atoms with van der Waals surface area (Å²) in [6, 6.07) is 19.4. The molecule has 2 amide bonds. The highest BCUT2D eigenvalue weighted by atomic mass is 16.2. The number of nitrogens with two attached hydrogens (primary N) is 2. The fourth-order valence-electron chi connectivity index (χ4n) is 3.01. The highest BCUT2D eigenvalue weighted by Crippen LogP contribution is 2.19. The summed E-state index contributed by atoms with van der Waals surface area (Å²) in [5.74, 6) is -1.91. The maximum atomic E-state index is 12.7. The first-order valence-corrected chi connectivity index (χ1v) is 9.73. The van der Waals surface area contributed by atoms with Crippen LogP contribution in [0.3, 0.4) is 0 Å². The van der Waals surface area contributed by atoms with E-state index >= 15 is 0 Å². The van der Waals surface area contributed by atoms with Gasteiger partial charge in [0.05, 0.1) is 11.3 Å². The molecule has 0 spiro atoms. The van der Waals surface area contributed by atoms with Crippen molar-refractivity contribution in [2.75, 3.05) is 18.4 Å². The van der Waals surface area contributed by atoms with Gasteiger partial charge in [-0.3, -0.25) is 19.4 Å². The Morgan fingerprint density at radius 1 is 0.871 bits per heavy atom. The van der Waals surface area contributed by atoms with E-state index in [1.54, 1.807) is 30.3 Å². The Bertz CT molecular complexity index is 1150. The zero-order valence-corrected chi connectivity index (χ0v) is 16.8. The van der Waals surface area contributed by atoms with E-state index in [1.807, 2.05) is 30.3 Å². The molecule has 0 aliphatic heterocycles. The number of ketones is 1. The van der Waals surface area contributed by atoms with Crippen LogP contribution in [0.25, 0.3) is 10.8 Å². The van der Waals surface area contributed by atoms with Gasteiger partial charge in [0, 0.05) is 18.7 Å². The lowest BCUT2D eigenvalue weighted by Crippen LogP contribution is -2.33. The van der Waals surface area contributed by atoms with Gasteiger partial charge in [0.2, 0.25) is 0 Å². The van der Waals surface area contributed by atoms with Crippen LogP contribution in [-0.4, -0.2) is 36.6 Å². The van der Waals surface area contributed by atoms with Gasteiger partial charge >= 0.3 is 0 Å². The van der Waals surface area contributed by atoms with Crippen molar-refractivity contribution in [1.82, 2.24) is 5.32 Å². The van der Waals surface area contributed by atoms with Crippen molar-refractivity contribution in [1.29, 1.82) is 0 Å². The SMILES string of the molecule is NC(N)=NCCCNC(=O)C(=O)c1ccccc1NC(=O)c1ccc2ccccc2c1. The lowest BCUT2D eigenvalue weighted by molar-refractivity contribution is -0.117. The molecule has 0 heterocycles. The molecule has 0 atom stereocenters. The molecule has 3 rings (SSSR count). The van der Waals surface area contributed by atoms with Crippen LogP contribution < -0.4 is 22.1 Å². The molecule has 3 aromatic rings. The number of guanidine groups is 1. The maximum absolute atomic E-state index is 12.7. The van der Waals surface area contributed by atoms with Crippen LogP contribution in [0.15, 0.2) is 71.7 Å². The molecule has 6 N–H and O–H groups in total. The molecule has 3 aromatic carbocycles. The van der Waals surface area contributed by atoms with Gasteiger partial charge in [-0.05, 0) is 41.5 Å². The first-order chi connectivity index (χ1) is 15.0. The lowest BCUT2D eigenvalue weighted by atomic mass is 10.1. The summed E-state index contributed by atoms with van der Waals surface area (Å²) in [5, 5.41) is 7.22. The summed E-state index contributed by atoms with van der Waals surface area (Å²) in [6.45, 7) is 0.585. The van der Waals surface area contributed by atoms with E-state index in [1.165, 1.54) is 6.07 Å². The summed E-state index contributed by atoms with van der Waals surface area (Å²) < 4.78 is 0. The summed E-state index contributed by atoms with van der Waals surface area (Å²) in [6.07, 6.45) is 0.483. The maximum Gasteiger partial charge on any atom is 0.292 e. The molecule has 0 radical (unpaired) electrons. The molecule has 158 valence electrons. The van der Waals surface area contributed by atoms with Gasteiger partial charge in [-0.1, -0.05) is 42.5 Å². The molecule has 0 bridgehead atoms. The number of carbonyl (C=O) groups is 3.